The van der Waals surface area contributed by atoms with Gasteiger partial charge in [-0.15, -0.1) is 24.0 Å². The lowest BCUT2D eigenvalue weighted by Gasteiger charge is -2.35. The van der Waals surface area contributed by atoms with Crippen LogP contribution >= 0.6 is 35.3 Å². The molecule has 1 aliphatic heterocycles. The van der Waals surface area contributed by atoms with Gasteiger partial charge in [0.1, 0.15) is 0 Å². The van der Waals surface area contributed by atoms with Gasteiger partial charge in [-0.2, -0.15) is 11.3 Å². The van der Waals surface area contributed by atoms with Crippen molar-refractivity contribution in [3.8, 4) is 0 Å². The number of ether oxygens (including phenoxy) is 1. The molecule has 0 spiro atoms. The van der Waals surface area contributed by atoms with Gasteiger partial charge in [-0.1, -0.05) is 0 Å². The van der Waals surface area contributed by atoms with E-state index in [1.54, 1.807) is 11.3 Å². The first kappa shape index (κ1) is 21.7. The molecule has 1 aromatic rings. The zero-order valence-electron chi connectivity index (χ0n) is 15.0. The molecule has 2 heterocycles. The van der Waals surface area contributed by atoms with E-state index in [2.05, 4.69) is 58.1 Å². The fourth-order valence-corrected chi connectivity index (χ4v) is 3.53. The SMILES string of the molecule is CCNC(=NCc1ccsc1)NCCCN1CC(C)OC(C)C1.I. The second-order valence-electron chi connectivity index (χ2n) is 6.12. The molecule has 0 bridgehead atoms. The number of halogens is 1. The van der Waals surface area contributed by atoms with E-state index in [1.165, 1.54) is 5.56 Å². The highest BCUT2D eigenvalue weighted by molar-refractivity contribution is 14.0. The van der Waals surface area contributed by atoms with Gasteiger partial charge in [0.15, 0.2) is 5.96 Å². The number of thiophene rings is 1. The van der Waals surface area contributed by atoms with E-state index in [1.807, 2.05) is 0 Å². The summed E-state index contributed by atoms with van der Waals surface area (Å²) in [5.41, 5.74) is 1.27. The first-order valence-corrected chi connectivity index (χ1v) is 9.52. The van der Waals surface area contributed by atoms with E-state index in [-0.39, 0.29) is 24.0 Å². The number of aliphatic imine (C=N–C) groups is 1. The van der Waals surface area contributed by atoms with Crippen molar-refractivity contribution in [1.29, 1.82) is 0 Å². The fourth-order valence-electron chi connectivity index (χ4n) is 2.87. The molecule has 1 saturated heterocycles. The average Bonchev–Trinajstić information content (AvgIpc) is 3.01. The van der Waals surface area contributed by atoms with Crippen molar-refractivity contribution in [3.05, 3.63) is 22.4 Å². The predicted molar refractivity (Wildman–Crippen MR) is 114 cm³/mol. The van der Waals surface area contributed by atoms with E-state index in [0.29, 0.717) is 12.2 Å². The van der Waals surface area contributed by atoms with E-state index in [9.17, 15) is 0 Å². The Balaban J connectivity index is 0.00000288. The van der Waals surface area contributed by atoms with Crippen LogP contribution in [0.15, 0.2) is 21.8 Å². The normalized spacial score (nSPS) is 22.0. The van der Waals surface area contributed by atoms with Gasteiger partial charge >= 0.3 is 0 Å². The predicted octanol–water partition coefficient (Wildman–Crippen LogP) is 2.92. The molecule has 0 amide bonds. The highest BCUT2D eigenvalue weighted by atomic mass is 127. The monoisotopic (exact) mass is 466 g/mol. The third kappa shape index (κ3) is 8.13. The van der Waals surface area contributed by atoms with E-state index in [0.717, 1.165) is 51.6 Å². The van der Waals surface area contributed by atoms with Crippen molar-refractivity contribution >= 4 is 41.3 Å². The molecular formula is C17H31IN4OS. The second-order valence-corrected chi connectivity index (χ2v) is 6.90. The Morgan fingerprint density at radius 3 is 2.71 bits per heavy atom. The number of hydrogen-bond acceptors (Lipinski definition) is 4. The molecule has 0 saturated carbocycles. The Morgan fingerprint density at radius 1 is 1.33 bits per heavy atom. The van der Waals surface area contributed by atoms with Crippen LogP contribution in [0.3, 0.4) is 0 Å². The number of nitrogens with zero attached hydrogens (tertiary/aromatic N) is 2. The van der Waals surface area contributed by atoms with Crippen LogP contribution < -0.4 is 10.6 Å². The minimum Gasteiger partial charge on any atom is -0.373 e. The van der Waals surface area contributed by atoms with Gasteiger partial charge in [-0.05, 0) is 49.6 Å². The Morgan fingerprint density at radius 2 is 2.08 bits per heavy atom. The summed E-state index contributed by atoms with van der Waals surface area (Å²) < 4.78 is 5.77. The summed E-state index contributed by atoms with van der Waals surface area (Å²) >= 11 is 1.72. The standard InChI is InChI=1S/C17H30N4OS.HI/c1-4-18-17(20-10-16-6-9-23-13-16)19-7-5-8-21-11-14(2)22-15(3)12-21;/h6,9,13-15H,4-5,7-8,10-12H2,1-3H3,(H2,18,19,20);1H. The van der Waals surface area contributed by atoms with Gasteiger partial charge in [0.05, 0.1) is 18.8 Å². The van der Waals surface area contributed by atoms with Crippen LogP contribution in [0.25, 0.3) is 0 Å². The van der Waals surface area contributed by atoms with Gasteiger partial charge in [0.25, 0.3) is 0 Å². The van der Waals surface area contributed by atoms with Crippen molar-refractivity contribution in [3.63, 3.8) is 0 Å². The lowest BCUT2D eigenvalue weighted by atomic mass is 10.2. The molecule has 1 aromatic heterocycles. The highest BCUT2D eigenvalue weighted by Gasteiger charge is 2.21. The van der Waals surface area contributed by atoms with Crippen LogP contribution in [0, 0.1) is 0 Å². The molecule has 5 nitrogen and oxygen atoms in total. The van der Waals surface area contributed by atoms with Gasteiger partial charge in [0, 0.05) is 32.7 Å². The van der Waals surface area contributed by atoms with Crippen molar-refractivity contribution in [2.45, 2.75) is 45.9 Å². The minimum atomic E-state index is 0. The van der Waals surface area contributed by atoms with Gasteiger partial charge in [-0.25, -0.2) is 4.99 Å². The third-order valence-corrected chi connectivity index (χ3v) is 4.51. The second kappa shape index (κ2) is 12.1. The number of rotatable bonds is 7. The lowest BCUT2D eigenvalue weighted by molar-refractivity contribution is -0.0679. The fraction of sp³-hybridized carbons (Fsp3) is 0.706. The van der Waals surface area contributed by atoms with Crippen LogP contribution in [0.1, 0.15) is 32.8 Å². The maximum atomic E-state index is 5.77. The van der Waals surface area contributed by atoms with Gasteiger partial charge in [0.2, 0.25) is 0 Å². The van der Waals surface area contributed by atoms with Crippen molar-refractivity contribution in [2.24, 2.45) is 4.99 Å². The summed E-state index contributed by atoms with van der Waals surface area (Å²) in [5.74, 6) is 0.905. The van der Waals surface area contributed by atoms with Crippen LogP contribution in [-0.2, 0) is 11.3 Å². The molecule has 1 aliphatic rings. The van der Waals surface area contributed by atoms with Crippen molar-refractivity contribution in [1.82, 2.24) is 15.5 Å². The smallest absolute Gasteiger partial charge is 0.191 e. The van der Waals surface area contributed by atoms with E-state index in [4.69, 9.17) is 4.74 Å². The quantitative estimate of drug-likeness (QED) is 0.281. The van der Waals surface area contributed by atoms with E-state index >= 15 is 0 Å². The Bertz CT molecular complexity index is 459. The molecule has 24 heavy (non-hydrogen) atoms. The molecule has 0 radical (unpaired) electrons. The molecule has 138 valence electrons. The van der Waals surface area contributed by atoms with Crippen LogP contribution in [0.4, 0.5) is 0 Å². The average molecular weight is 466 g/mol. The first-order valence-electron chi connectivity index (χ1n) is 8.58. The molecule has 7 heteroatoms. The van der Waals surface area contributed by atoms with Crippen LogP contribution in [0.5, 0.6) is 0 Å². The van der Waals surface area contributed by atoms with Crippen LogP contribution in [-0.4, -0.2) is 55.8 Å². The maximum Gasteiger partial charge on any atom is 0.191 e. The molecule has 2 rings (SSSR count). The molecule has 2 N–H and O–H groups in total. The molecular weight excluding hydrogens is 435 g/mol. The van der Waals surface area contributed by atoms with Gasteiger partial charge < -0.3 is 15.4 Å². The lowest BCUT2D eigenvalue weighted by Crippen LogP contribution is -2.46. The Kier molecular flexibility index (Phi) is 10.9. The van der Waals surface area contributed by atoms with E-state index < -0.39 is 0 Å². The Labute approximate surface area is 167 Å². The van der Waals surface area contributed by atoms with Crippen molar-refractivity contribution in [2.75, 3.05) is 32.7 Å². The highest BCUT2D eigenvalue weighted by Crippen LogP contribution is 2.10. The topological polar surface area (TPSA) is 48.9 Å². The van der Waals surface area contributed by atoms with Gasteiger partial charge in [-0.3, -0.25) is 4.90 Å². The Hall–Kier alpha value is -0.380. The largest absolute Gasteiger partial charge is 0.373 e. The zero-order valence-corrected chi connectivity index (χ0v) is 18.1. The minimum absolute atomic E-state index is 0. The summed E-state index contributed by atoms with van der Waals surface area (Å²) in [6.07, 6.45) is 1.80. The first-order chi connectivity index (χ1) is 11.2. The number of morpholine rings is 1. The summed E-state index contributed by atoms with van der Waals surface area (Å²) in [6.45, 7) is 12.1. The maximum absolute atomic E-state index is 5.77. The third-order valence-electron chi connectivity index (χ3n) is 3.78. The zero-order chi connectivity index (χ0) is 16.5. The summed E-state index contributed by atoms with van der Waals surface area (Å²) in [6, 6.07) is 2.12. The summed E-state index contributed by atoms with van der Waals surface area (Å²) in [4.78, 5) is 7.13. The molecule has 2 atom stereocenters. The molecule has 0 aliphatic carbocycles. The van der Waals surface area contributed by atoms with Crippen molar-refractivity contribution < 1.29 is 4.74 Å². The number of nitrogens with one attached hydrogen (secondary N) is 2. The number of guanidine groups is 1. The summed E-state index contributed by atoms with van der Waals surface area (Å²) in [7, 11) is 0. The van der Waals surface area contributed by atoms with Crippen LogP contribution in [0.2, 0.25) is 0 Å². The molecule has 2 unspecified atom stereocenters. The molecule has 1 fully saturated rings. The summed E-state index contributed by atoms with van der Waals surface area (Å²) in [5, 5.41) is 11.0. The number of hydrogen-bond donors (Lipinski definition) is 2. The molecule has 0 aromatic carbocycles.